The predicted octanol–water partition coefficient (Wildman–Crippen LogP) is 2.84. The number of rotatable bonds is 2. The second-order valence-corrected chi connectivity index (χ2v) is 4.47. The van der Waals surface area contributed by atoms with Crippen LogP contribution in [0.2, 0.25) is 0 Å². The molecule has 0 saturated heterocycles. The van der Waals surface area contributed by atoms with Crippen LogP contribution in [0.5, 0.6) is 0 Å². The van der Waals surface area contributed by atoms with Gasteiger partial charge in [-0.1, -0.05) is 53.7 Å². The Hall–Kier alpha value is -3.01. The highest BCUT2D eigenvalue weighted by Crippen LogP contribution is 2.18. The van der Waals surface area contributed by atoms with E-state index in [0.29, 0.717) is 11.1 Å². The van der Waals surface area contributed by atoms with E-state index in [1.54, 1.807) is 48.5 Å². The summed E-state index contributed by atoms with van der Waals surface area (Å²) in [7, 11) is 0. The van der Waals surface area contributed by atoms with E-state index in [1.807, 2.05) is 12.1 Å². The van der Waals surface area contributed by atoms with Crippen LogP contribution in [0, 0.1) is 0 Å². The maximum Gasteiger partial charge on any atom is 0.365 e. The van der Waals surface area contributed by atoms with Gasteiger partial charge >= 0.3 is 5.97 Å². The minimum absolute atomic E-state index is 0.136. The normalized spacial score (nSPS) is 14.9. The maximum atomic E-state index is 11.9. The standard InChI is InChI=1S/C17H11NO3/c19-15-11-10-12-6-4-5-9-14(12)16(15)18-21-17(20)13-7-2-1-3-8-13/h1-11H/b18-16-. The van der Waals surface area contributed by atoms with Crippen molar-refractivity contribution in [3.63, 3.8) is 0 Å². The van der Waals surface area contributed by atoms with Crippen LogP contribution in [0.1, 0.15) is 21.5 Å². The van der Waals surface area contributed by atoms with Gasteiger partial charge in [-0.05, 0) is 23.8 Å². The molecule has 0 aromatic heterocycles. The van der Waals surface area contributed by atoms with Gasteiger partial charge in [0, 0.05) is 5.56 Å². The highest BCUT2D eigenvalue weighted by Gasteiger charge is 2.20. The van der Waals surface area contributed by atoms with Gasteiger partial charge in [0.05, 0.1) is 5.56 Å². The first-order valence-corrected chi connectivity index (χ1v) is 6.42. The Kier molecular flexibility index (Phi) is 3.43. The zero-order valence-electron chi connectivity index (χ0n) is 11.0. The van der Waals surface area contributed by atoms with Crippen molar-refractivity contribution in [2.75, 3.05) is 0 Å². The molecule has 0 amide bonds. The first kappa shape index (κ1) is 13.0. The molecular formula is C17H11NO3. The number of hydrogen-bond donors (Lipinski definition) is 0. The largest absolute Gasteiger partial charge is 0.365 e. The van der Waals surface area contributed by atoms with E-state index in [0.717, 1.165) is 5.56 Å². The fourth-order valence-electron chi connectivity index (χ4n) is 2.04. The molecule has 3 rings (SSSR count). The van der Waals surface area contributed by atoms with Crippen molar-refractivity contribution in [2.24, 2.45) is 5.16 Å². The number of carbonyl (C=O) groups is 2. The smallest absolute Gasteiger partial charge is 0.312 e. The molecule has 0 aliphatic heterocycles. The van der Waals surface area contributed by atoms with E-state index < -0.39 is 5.97 Å². The molecule has 2 aromatic rings. The Morgan fingerprint density at radius 2 is 1.62 bits per heavy atom. The van der Waals surface area contributed by atoms with Crippen molar-refractivity contribution in [1.29, 1.82) is 0 Å². The fraction of sp³-hybridized carbons (Fsp3) is 0. The molecule has 0 N–H and O–H groups in total. The minimum Gasteiger partial charge on any atom is -0.312 e. The summed E-state index contributed by atoms with van der Waals surface area (Å²) in [6, 6.07) is 15.8. The van der Waals surface area contributed by atoms with Crippen LogP contribution in [0.3, 0.4) is 0 Å². The molecule has 0 heterocycles. The van der Waals surface area contributed by atoms with Crippen LogP contribution in [0.25, 0.3) is 6.08 Å². The molecule has 4 heteroatoms. The van der Waals surface area contributed by atoms with Crippen LogP contribution in [-0.2, 0) is 9.63 Å². The molecule has 102 valence electrons. The van der Waals surface area contributed by atoms with Crippen molar-refractivity contribution in [1.82, 2.24) is 0 Å². The highest BCUT2D eigenvalue weighted by molar-refractivity contribution is 6.52. The zero-order chi connectivity index (χ0) is 14.7. The summed E-state index contributed by atoms with van der Waals surface area (Å²) < 4.78 is 0. The van der Waals surface area contributed by atoms with Crippen LogP contribution < -0.4 is 0 Å². The molecule has 0 atom stereocenters. The van der Waals surface area contributed by atoms with Gasteiger partial charge < -0.3 is 4.84 Å². The second kappa shape index (κ2) is 5.54. The highest BCUT2D eigenvalue weighted by atomic mass is 16.7. The van der Waals surface area contributed by atoms with Crippen molar-refractivity contribution in [2.45, 2.75) is 0 Å². The lowest BCUT2D eigenvalue weighted by Gasteiger charge is -2.10. The second-order valence-electron chi connectivity index (χ2n) is 4.47. The molecule has 4 nitrogen and oxygen atoms in total. The molecule has 1 aliphatic rings. The summed E-state index contributed by atoms with van der Waals surface area (Å²) in [6.07, 6.45) is 3.13. The quantitative estimate of drug-likeness (QED) is 0.626. The van der Waals surface area contributed by atoms with Gasteiger partial charge in [0.25, 0.3) is 0 Å². The van der Waals surface area contributed by atoms with E-state index in [4.69, 9.17) is 4.84 Å². The predicted molar refractivity (Wildman–Crippen MR) is 78.9 cm³/mol. The lowest BCUT2D eigenvalue weighted by Crippen LogP contribution is -2.18. The zero-order valence-corrected chi connectivity index (χ0v) is 11.0. The van der Waals surface area contributed by atoms with Crippen LogP contribution in [-0.4, -0.2) is 17.5 Å². The van der Waals surface area contributed by atoms with E-state index >= 15 is 0 Å². The van der Waals surface area contributed by atoms with Crippen molar-refractivity contribution >= 4 is 23.5 Å². The molecule has 1 aliphatic carbocycles. The number of allylic oxidation sites excluding steroid dienone is 1. The molecule has 0 radical (unpaired) electrons. The Morgan fingerprint density at radius 1 is 0.905 bits per heavy atom. The summed E-state index contributed by atoms with van der Waals surface area (Å²) in [5, 5.41) is 3.75. The average molecular weight is 277 g/mol. The Bertz CT molecular complexity index is 761. The van der Waals surface area contributed by atoms with Crippen molar-refractivity contribution in [3.05, 3.63) is 77.4 Å². The van der Waals surface area contributed by atoms with Gasteiger partial charge in [0.2, 0.25) is 5.78 Å². The molecule has 2 aromatic carbocycles. The first-order valence-electron chi connectivity index (χ1n) is 6.42. The SMILES string of the molecule is O=C1C=Cc2ccccc2/C1=N/OC(=O)c1ccccc1. The molecule has 0 fully saturated rings. The third-order valence-electron chi connectivity index (χ3n) is 3.09. The van der Waals surface area contributed by atoms with Crippen LogP contribution in [0.4, 0.5) is 0 Å². The Labute approximate surface area is 121 Å². The Balaban J connectivity index is 1.88. The van der Waals surface area contributed by atoms with E-state index in [-0.39, 0.29) is 11.5 Å². The van der Waals surface area contributed by atoms with Gasteiger partial charge in [-0.15, -0.1) is 0 Å². The molecule has 21 heavy (non-hydrogen) atoms. The molecule has 0 spiro atoms. The lowest BCUT2D eigenvalue weighted by molar-refractivity contribution is -0.108. The molecule has 0 bridgehead atoms. The van der Waals surface area contributed by atoms with E-state index in [9.17, 15) is 9.59 Å². The number of carbonyl (C=O) groups excluding carboxylic acids is 2. The number of oxime groups is 1. The summed E-state index contributed by atoms with van der Waals surface area (Å²) in [5.74, 6) is -0.877. The fourth-order valence-corrected chi connectivity index (χ4v) is 2.04. The van der Waals surface area contributed by atoms with Crippen LogP contribution in [0.15, 0.2) is 65.8 Å². The molecule has 0 saturated carbocycles. The van der Waals surface area contributed by atoms with E-state index in [2.05, 4.69) is 5.16 Å². The van der Waals surface area contributed by atoms with E-state index in [1.165, 1.54) is 6.08 Å². The number of ketones is 1. The third-order valence-corrected chi connectivity index (χ3v) is 3.09. The van der Waals surface area contributed by atoms with Gasteiger partial charge in [-0.3, -0.25) is 4.79 Å². The molecule has 0 unspecified atom stereocenters. The maximum absolute atomic E-state index is 11.9. The lowest BCUT2D eigenvalue weighted by atomic mass is 9.95. The summed E-state index contributed by atoms with van der Waals surface area (Å²) in [4.78, 5) is 28.6. The summed E-state index contributed by atoms with van der Waals surface area (Å²) >= 11 is 0. The molecular weight excluding hydrogens is 266 g/mol. The average Bonchev–Trinajstić information content (AvgIpc) is 2.54. The number of fused-ring (bicyclic) bond motifs is 1. The van der Waals surface area contributed by atoms with Crippen LogP contribution >= 0.6 is 0 Å². The van der Waals surface area contributed by atoms with Crippen molar-refractivity contribution in [3.8, 4) is 0 Å². The topological polar surface area (TPSA) is 55.7 Å². The van der Waals surface area contributed by atoms with Gasteiger partial charge in [0.1, 0.15) is 0 Å². The Morgan fingerprint density at radius 3 is 2.43 bits per heavy atom. The van der Waals surface area contributed by atoms with Gasteiger partial charge in [0.15, 0.2) is 5.71 Å². The third kappa shape index (κ3) is 2.65. The van der Waals surface area contributed by atoms with Crippen molar-refractivity contribution < 1.29 is 14.4 Å². The van der Waals surface area contributed by atoms with Gasteiger partial charge in [-0.25, -0.2) is 4.79 Å². The first-order chi connectivity index (χ1) is 10.3. The summed E-state index contributed by atoms with van der Waals surface area (Å²) in [5.41, 5.74) is 2.05. The number of benzene rings is 2. The summed E-state index contributed by atoms with van der Waals surface area (Å²) in [6.45, 7) is 0. The minimum atomic E-state index is -0.595. The number of nitrogens with zero attached hydrogens (tertiary/aromatic N) is 1. The monoisotopic (exact) mass is 277 g/mol. The number of hydrogen-bond acceptors (Lipinski definition) is 4. The van der Waals surface area contributed by atoms with Gasteiger partial charge in [-0.2, -0.15) is 0 Å².